The minimum atomic E-state index is -1.84. The number of rotatable bonds is 13. The summed E-state index contributed by atoms with van der Waals surface area (Å²) in [6.07, 6.45) is -4.53. The highest BCUT2D eigenvalue weighted by Gasteiger charge is 2.59. The summed E-state index contributed by atoms with van der Waals surface area (Å²) in [5, 5.41) is 54.9. The summed E-state index contributed by atoms with van der Waals surface area (Å²) in [4.78, 5) is 29.7. The molecule has 4 saturated heterocycles. The number of aliphatic hydroxyl groups excluding tert-OH is 1. The summed E-state index contributed by atoms with van der Waals surface area (Å²) in [6, 6.07) is -0.579. The van der Waals surface area contributed by atoms with Crippen LogP contribution in [0.4, 0.5) is 5.82 Å². The van der Waals surface area contributed by atoms with Crippen LogP contribution in [0.15, 0.2) is 17.4 Å². The van der Waals surface area contributed by atoms with E-state index in [1.54, 1.807) is 48.7 Å². The van der Waals surface area contributed by atoms with E-state index in [-0.39, 0.29) is 49.9 Å². The zero-order valence-electron chi connectivity index (χ0n) is 41.6. The number of methoxy groups -OCH3 is 3. The highest BCUT2D eigenvalue weighted by Crippen LogP contribution is 2.44. The lowest BCUT2D eigenvalue weighted by Crippen LogP contribution is -2.70. The lowest BCUT2D eigenvalue weighted by atomic mass is 9.75. The number of hydrogen-bond acceptors (Lipinski definition) is 19. The number of carbonyl (C=O) groups excluding carboxylic acids is 1. The van der Waals surface area contributed by atoms with E-state index in [0.717, 1.165) is 0 Å². The Bertz CT molecular complexity index is 1750. The molecule has 0 unspecified atom stereocenters. The maximum atomic E-state index is 14.6. The topological polar surface area (TPSA) is 246 Å². The number of fused-ring (bicyclic) bond motifs is 1. The molecule has 20 heteroatoms. The maximum Gasteiger partial charge on any atom is 0.311 e. The van der Waals surface area contributed by atoms with E-state index >= 15 is 0 Å². The molecule has 0 aliphatic carbocycles. The van der Waals surface area contributed by atoms with Crippen molar-refractivity contribution >= 4 is 17.8 Å². The van der Waals surface area contributed by atoms with E-state index < -0.39 is 95.5 Å². The molecule has 0 bridgehead atoms. The average molecular weight is 941 g/mol. The first-order valence-electron chi connectivity index (χ1n) is 23.5. The molecule has 0 radical (unpaired) electrons. The minimum absolute atomic E-state index is 0.0517. The van der Waals surface area contributed by atoms with Gasteiger partial charge in [0.2, 0.25) is 5.88 Å². The van der Waals surface area contributed by atoms with Crippen molar-refractivity contribution in [1.29, 1.82) is 0 Å². The van der Waals surface area contributed by atoms with Gasteiger partial charge in [-0.25, -0.2) is 9.97 Å². The number of ether oxygens (including phenoxy) is 9. The van der Waals surface area contributed by atoms with Gasteiger partial charge in [-0.15, -0.1) is 0 Å². The van der Waals surface area contributed by atoms with Crippen molar-refractivity contribution in [2.24, 2.45) is 22.7 Å². The highest BCUT2D eigenvalue weighted by molar-refractivity contribution is 5.79. The van der Waals surface area contributed by atoms with Crippen LogP contribution in [0.2, 0.25) is 0 Å². The molecule has 1 aromatic heterocycles. The second-order valence-electron chi connectivity index (χ2n) is 19.7. The highest BCUT2D eigenvalue weighted by atomic mass is 16.7. The van der Waals surface area contributed by atoms with E-state index in [2.05, 4.69) is 25.6 Å². The first kappa shape index (κ1) is 54.1. The Morgan fingerprint density at radius 1 is 0.985 bits per heavy atom. The number of hydrogen-bond donors (Lipinski definition) is 6. The summed E-state index contributed by atoms with van der Waals surface area (Å²) in [6.45, 7) is 19.0. The minimum Gasteiger partial charge on any atom is -0.480 e. The molecule has 0 saturated carbocycles. The van der Waals surface area contributed by atoms with Crippen molar-refractivity contribution in [3.05, 3.63) is 12.4 Å². The number of likely N-dealkylation sites (N-methyl/N-ethyl adjacent to an activating group) is 1. The normalized spacial score (nSPS) is 43.6. The Kier molecular flexibility index (Phi) is 18.2. The van der Waals surface area contributed by atoms with Gasteiger partial charge in [-0.1, -0.05) is 20.8 Å². The largest absolute Gasteiger partial charge is 0.480 e. The molecule has 4 fully saturated rings. The Morgan fingerprint density at radius 2 is 1.70 bits per heavy atom. The fraction of sp³-hybridized carbons (Fsp3) is 0.870. The van der Waals surface area contributed by atoms with Crippen molar-refractivity contribution in [3.8, 4) is 5.88 Å². The van der Waals surface area contributed by atoms with E-state index in [4.69, 9.17) is 42.6 Å². The van der Waals surface area contributed by atoms with Gasteiger partial charge in [-0.05, 0) is 80.2 Å². The molecular weight excluding hydrogens is 861 g/mol. The summed E-state index contributed by atoms with van der Waals surface area (Å²) < 4.78 is 56.1. The molecule has 20 nitrogen and oxygen atoms in total. The van der Waals surface area contributed by atoms with Gasteiger partial charge in [0.25, 0.3) is 6.02 Å². The summed E-state index contributed by atoms with van der Waals surface area (Å²) in [7, 11) is 6.50. The maximum absolute atomic E-state index is 14.6. The van der Waals surface area contributed by atoms with Gasteiger partial charge in [0.05, 0.1) is 68.1 Å². The molecule has 1 aromatic rings. The molecule has 18 atom stereocenters. The summed E-state index contributed by atoms with van der Waals surface area (Å²) in [5.74, 6) is -2.13. The molecule has 5 rings (SSSR count). The van der Waals surface area contributed by atoms with Gasteiger partial charge < -0.3 is 78.6 Å². The van der Waals surface area contributed by atoms with Crippen molar-refractivity contribution in [1.82, 2.24) is 25.5 Å². The molecule has 6 N–H and O–H groups in total. The van der Waals surface area contributed by atoms with Crippen molar-refractivity contribution in [2.45, 2.75) is 185 Å². The number of nitrogens with one attached hydrogen (secondary N) is 2. The monoisotopic (exact) mass is 941 g/mol. The number of cyclic esters (lactones) is 1. The number of carbonyl (C=O) groups is 1. The Morgan fingerprint density at radius 3 is 2.32 bits per heavy atom. The fourth-order valence-corrected chi connectivity index (χ4v) is 10.2. The third-order valence-electron chi connectivity index (χ3n) is 14.5. The summed E-state index contributed by atoms with van der Waals surface area (Å²) >= 11 is 0. The predicted octanol–water partition coefficient (Wildman–Crippen LogP) is 2.06. The number of aliphatic hydroxyl groups is 4. The molecule has 0 spiro atoms. The molecule has 378 valence electrons. The first-order valence-corrected chi connectivity index (χ1v) is 23.5. The Hall–Kier alpha value is -2.86. The van der Waals surface area contributed by atoms with Gasteiger partial charge in [-0.3, -0.25) is 4.79 Å². The van der Waals surface area contributed by atoms with Gasteiger partial charge in [0, 0.05) is 52.7 Å². The molecule has 4 aliphatic rings. The Labute approximate surface area is 390 Å². The zero-order chi connectivity index (χ0) is 48.9. The van der Waals surface area contributed by atoms with Crippen LogP contribution in [0.5, 0.6) is 5.88 Å². The van der Waals surface area contributed by atoms with Crippen LogP contribution in [0.25, 0.3) is 0 Å². The number of nitrogens with zero attached hydrogens (tertiary/aromatic N) is 4. The lowest BCUT2D eigenvalue weighted by molar-refractivity contribution is -0.335. The molecule has 0 amide bonds. The van der Waals surface area contributed by atoms with Crippen LogP contribution in [-0.2, 0) is 42.7 Å². The van der Waals surface area contributed by atoms with E-state index in [9.17, 15) is 25.2 Å². The van der Waals surface area contributed by atoms with Crippen LogP contribution in [0.3, 0.4) is 0 Å². The van der Waals surface area contributed by atoms with Crippen molar-refractivity contribution < 1.29 is 67.9 Å². The first-order chi connectivity index (χ1) is 31.0. The SMILES string of the molecule is CC[C@H]1OC(=O)[C@H](C)[C@@H](O[C@H]2C[C@@](C)(OC)[C@](O)(CNCCOC)[C@H](C)O2)[C@H](C)[C@@H](O[C@@H]2O[C@H](C)C[C@H]3[C@H]2O/C(=N\c2cnc(OC)cn2)N3C)[C@](C)(O)C[C@@H](C)CN[C@H](C)[C@@H](O)[C@]1(C)O. The third-order valence-corrected chi connectivity index (χ3v) is 14.5. The smallest absolute Gasteiger partial charge is 0.311 e. The van der Waals surface area contributed by atoms with Gasteiger partial charge in [0.1, 0.15) is 29.0 Å². The number of aliphatic imine (C=N–C) groups is 1. The van der Waals surface area contributed by atoms with E-state index in [1.807, 2.05) is 32.7 Å². The van der Waals surface area contributed by atoms with Crippen LogP contribution >= 0.6 is 0 Å². The third kappa shape index (κ3) is 11.8. The van der Waals surface area contributed by atoms with E-state index in [1.165, 1.54) is 33.5 Å². The zero-order valence-corrected chi connectivity index (χ0v) is 41.6. The molecular formula is C46H80N6O14. The van der Waals surface area contributed by atoms with Gasteiger partial charge in [-0.2, -0.15) is 4.99 Å². The molecule has 4 aliphatic heterocycles. The van der Waals surface area contributed by atoms with Crippen molar-refractivity contribution in [2.75, 3.05) is 54.6 Å². The number of aromatic nitrogens is 2. The summed E-state index contributed by atoms with van der Waals surface area (Å²) in [5.41, 5.74) is -6.16. The second kappa shape index (κ2) is 22.3. The molecule has 66 heavy (non-hydrogen) atoms. The van der Waals surface area contributed by atoms with Crippen LogP contribution < -0.4 is 15.4 Å². The molecule has 5 heterocycles. The molecule has 0 aromatic carbocycles. The van der Waals surface area contributed by atoms with E-state index in [0.29, 0.717) is 37.8 Å². The van der Waals surface area contributed by atoms with Crippen LogP contribution in [0, 0.1) is 17.8 Å². The fourth-order valence-electron chi connectivity index (χ4n) is 10.2. The second-order valence-corrected chi connectivity index (χ2v) is 19.7. The van der Waals surface area contributed by atoms with Gasteiger partial charge in [0.15, 0.2) is 24.5 Å². The predicted molar refractivity (Wildman–Crippen MR) is 242 cm³/mol. The van der Waals surface area contributed by atoms with Crippen LogP contribution in [0.1, 0.15) is 94.9 Å². The number of amidine groups is 1. The average Bonchev–Trinajstić information content (AvgIpc) is 3.58. The quantitative estimate of drug-likeness (QED) is 0.122. The standard InChI is InChI=1S/C46H80N6O14/c1-15-32-45(10,56)38(53)29(6)48-21-25(2)19-43(8,55)39(66-41-37-31(18-26(3)61-41)52(11)42(65-37)51-33-22-50-34(59-13)23-49-33)27(4)36(28(5)40(54)63-32)64-35-20-44(9,60-14)46(57,30(7)62-35)24-47-16-17-58-12/h22-23,25-32,35-39,41,47-48,53,55-57H,15-21,24H2,1-14H3/b51-42-/t25-,26-,27+,28-,29-,30+,31+,32-,35+,36+,37-,38-,39-,41+,43-,44-,45-,46+/m1/s1. The Balaban J connectivity index is 1.56. The van der Waals surface area contributed by atoms with Gasteiger partial charge >= 0.3 is 5.97 Å². The number of esters is 1. The van der Waals surface area contributed by atoms with Crippen molar-refractivity contribution in [3.63, 3.8) is 0 Å². The van der Waals surface area contributed by atoms with Crippen LogP contribution in [-0.4, -0.2) is 192 Å². The lowest BCUT2D eigenvalue weighted by Gasteiger charge is -2.53.